The van der Waals surface area contributed by atoms with Gasteiger partial charge in [-0.25, -0.2) is 0 Å². The number of hydrogen-bond acceptors (Lipinski definition) is 5. The van der Waals surface area contributed by atoms with Crippen molar-refractivity contribution in [2.45, 2.75) is 45.3 Å². The number of ether oxygens (including phenoxy) is 2. The molecule has 0 aliphatic carbocycles. The van der Waals surface area contributed by atoms with E-state index in [9.17, 15) is 0 Å². The van der Waals surface area contributed by atoms with Crippen molar-refractivity contribution in [3.63, 3.8) is 0 Å². The summed E-state index contributed by atoms with van der Waals surface area (Å²) in [5.41, 5.74) is 0. The molecule has 1 N–H and O–H groups in total. The first-order valence-corrected chi connectivity index (χ1v) is 6.92. The van der Waals surface area contributed by atoms with Crippen molar-refractivity contribution in [1.29, 1.82) is 5.26 Å². The summed E-state index contributed by atoms with van der Waals surface area (Å²) < 4.78 is 10.3. The Morgan fingerprint density at radius 1 is 1.16 bits per heavy atom. The van der Waals surface area contributed by atoms with Crippen LogP contribution in [0.2, 0.25) is 0 Å². The maximum absolute atomic E-state index is 9.13. The van der Waals surface area contributed by atoms with Crippen molar-refractivity contribution in [1.82, 2.24) is 10.2 Å². The fraction of sp³-hybridized carbons (Fsp3) is 0.929. The molecule has 19 heavy (non-hydrogen) atoms. The molecule has 0 rings (SSSR count). The van der Waals surface area contributed by atoms with Gasteiger partial charge >= 0.3 is 0 Å². The molecule has 0 saturated heterocycles. The minimum atomic E-state index is -0.0974. The lowest BCUT2D eigenvalue weighted by Crippen LogP contribution is -2.42. The molecule has 0 spiro atoms. The van der Waals surface area contributed by atoms with Crippen LogP contribution in [-0.4, -0.2) is 63.5 Å². The second-order valence-electron chi connectivity index (χ2n) is 5.12. The highest BCUT2D eigenvalue weighted by molar-refractivity contribution is 4.91. The van der Waals surface area contributed by atoms with Gasteiger partial charge in [0.2, 0.25) is 0 Å². The first-order chi connectivity index (χ1) is 9.04. The summed E-state index contributed by atoms with van der Waals surface area (Å²) in [4.78, 5) is 2.30. The van der Waals surface area contributed by atoms with Crippen molar-refractivity contribution in [2.24, 2.45) is 0 Å². The summed E-state index contributed by atoms with van der Waals surface area (Å²) in [5, 5.41) is 12.4. The van der Waals surface area contributed by atoms with Crippen molar-refractivity contribution >= 4 is 0 Å². The van der Waals surface area contributed by atoms with Crippen LogP contribution in [0.1, 0.15) is 27.2 Å². The topological polar surface area (TPSA) is 57.5 Å². The Labute approximate surface area is 117 Å². The summed E-state index contributed by atoms with van der Waals surface area (Å²) in [7, 11) is 3.42. The maximum Gasteiger partial charge on any atom is 0.0967 e. The summed E-state index contributed by atoms with van der Waals surface area (Å²) in [5.74, 6) is 0. The van der Waals surface area contributed by atoms with Crippen LogP contribution in [0.25, 0.3) is 0 Å². The van der Waals surface area contributed by atoms with Gasteiger partial charge in [-0.15, -0.1) is 0 Å². The fourth-order valence-electron chi connectivity index (χ4n) is 1.99. The molecule has 5 heteroatoms. The van der Waals surface area contributed by atoms with Gasteiger partial charge in [0, 0.05) is 39.4 Å². The SMILES string of the molecule is COCCN(CCC(C#N)NC(C)C)C(C)COC. The van der Waals surface area contributed by atoms with Gasteiger partial charge in [-0.2, -0.15) is 5.26 Å². The van der Waals surface area contributed by atoms with Crippen LogP contribution in [0.3, 0.4) is 0 Å². The van der Waals surface area contributed by atoms with Crippen LogP contribution < -0.4 is 5.32 Å². The molecule has 112 valence electrons. The Bertz CT molecular complexity index is 254. The van der Waals surface area contributed by atoms with Crippen molar-refractivity contribution in [2.75, 3.05) is 40.5 Å². The number of methoxy groups -OCH3 is 2. The predicted octanol–water partition coefficient (Wildman–Crippen LogP) is 1.25. The van der Waals surface area contributed by atoms with Gasteiger partial charge < -0.3 is 9.47 Å². The number of hydrogen-bond donors (Lipinski definition) is 1. The van der Waals surface area contributed by atoms with E-state index in [1.54, 1.807) is 14.2 Å². The lowest BCUT2D eigenvalue weighted by Gasteiger charge is -2.29. The Balaban J connectivity index is 4.26. The Morgan fingerprint density at radius 3 is 2.32 bits per heavy atom. The zero-order valence-corrected chi connectivity index (χ0v) is 13.0. The largest absolute Gasteiger partial charge is 0.383 e. The van der Waals surface area contributed by atoms with Gasteiger partial charge in [0.05, 0.1) is 25.3 Å². The van der Waals surface area contributed by atoms with Crippen molar-refractivity contribution < 1.29 is 9.47 Å². The van der Waals surface area contributed by atoms with Gasteiger partial charge in [-0.1, -0.05) is 0 Å². The monoisotopic (exact) mass is 271 g/mol. The molecular formula is C14H29N3O2. The van der Waals surface area contributed by atoms with E-state index in [2.05, 4.69) is 37.1 Å². The average Bonchev–Trinajstić information content (AvgIpc) is 2.37. The van der Waals surface area contributed by atoms with Gasteiger partial charge in [-0.3, -0.25) is 10.2 Å². The summed E-state index contributed by atoms with van der Waals surface area (Å²) in [6.07, 6.45) is 0.812. The van der Waals surface area contributed by atoms with Gasteiger partial charge in [0.1, 0.15) is 0 Å². The Kier molecular flexibility index (Phi) is 10.8. The number of nitrogens with zero attached hydrogens (tertiary/aromatic N) is 2. The highest BCUT2D eigenvalue weighted by atomic mass is 16.5. The third kappa shape index (κ3) is 8.95. The normalized spacial score (nSPS) is 14.6. The first kappa shape index (κ1) is 18.3. The number of nitriles is 1. The molecule has 0 fully saturated rings. The molecule has 0 aliphatic heterocycles. The second kappa shape index (κ2) is 11.2. The lowest BCUT2D eigenvalue weighted by atomic mass is 10.1. The third-order valence-corrected chi connectivity index (χ3v) is 3.01. The van der Waals surface area contributed by atoms with Gasteiger partial charge in [0.15, 0.2) is 0 Å². The summed E-state index contributed by atoms with van der Waals surface area (Å²) in [6, 6.07) is 2.88. The van der Waals surface area contributed by atoms with E-state index in [-0.39, 0.29) is 6.04 Å². The molecule has 0 bridgehead atoms. The second-order valence-corrected chi connectivity index (χ2v) is 5.12. The summed E-state index contributed by atoms with van der Waals surface area (Å²) in [6.45, 7) is 9.37. The van der Waals surface area contributed by atoms with E-state index in [4.69, 9.17) is 14.7 Å². The van der Waals surface area contributed by atoms with Crippen LogP contribution in [0.4, 0.5) is 0 Å². The molecule has 0 aromatic carbocycles. The predicted molar refractivity (Wildman–Crippen MR) is 77.1 cm³/mol. The number of nitrogens with one attached hydrogen (secondary N) is 1. The average molecular weight is 271 g/mol. The Hall–Kier alpha value is -0.670. The van der Waals surface area contributed by atoms with Crippen LogP contribution in [0, 0.1) is 11.3 Å². The minimum absolute atomic E-state index is 0.0974. The van der Waals surface area contributed by atoms with Crippen LogP contribution >= 0.6 is 0 Å². The molecule has 0 saturated carbocycles. The standard InChI is InChI=1S/C14H29N3O2/c1-12(2)16-14(10-15)6-7-17(8-9-18-4)13(3)11-19-5/h12-14,16H,6-9,11H2,1-5H3. The van der Waals surface area contributed by atoms with Crippen LogP contribution in [-0.2, 0) is 9.47 Å². The molecule has 0 heterocycles. The maximum atomic E-state index is 9.13. The van der Waals surface area contributed by atoms with Crippen molar-refractivity contribution in [3.05, 3.63) is 0 Å². The summed E-state index contributed by atoms with van der Waals surface area (Å²) >= 11 is 0. The van der Waals surface area contributed by atoms with E-state index in [0.29, 0.717) is 25.3 Å². The molecule has 2 unspecified atom stereocenters. The Morgan fingerprint density at radius 2 is 1.84 bits per heavy atom. The number of rotatable bonds is 11. The highest BCUT2D eigenvalue weighted by Crippen LogP contribution is 2.04. The van der Waals surface area contributed by atoms with Crippen LogP contribution in [0.5, 0.6) is 0 Å². The molecule has 5 nitrogen and oxygen atoms in total. The molecule has 0 aliphatic rings. The highest BCUT2D eigenvalue weighted by Gasteiger charge is 2.16. The first-order valence-electron chi connectivity index (χ1n) is 6.92. The zero-order chi connectivity index (χ0) is 14.7. The van der Waals surface area contributed by atoms with Gasteiger partial charge in [0.25, 0.3) is 0 Å². The molecule has 2 atom stereocenters. The smallest absolute Gasteiger partial charge is 0.0967 e. The zero-order valence-electron chi connectivity index (χ0n) is 13.0. The quantitative estimate of drug-likeness (QED) is 0.613. The molecule has 0 aromatic rings. The van der Waals surface area contributed by atoms with Crippen molar-refractivity contribution in [3.8, 4) is 6.07 Å². The van der Waals surface area contributed by atoms with E-state index in [0.717, 1.165) is 19.5 Å². The third-order valence-electron chi connectivity index (χ3n) is 3.01. The van der Waals surface area contributed by atoms with E-state index in [1.165, 1.54) is 0 Å². The molecule has 0 radical (unpaired) electrons. The van der Waals surface area contributed by atoms with E-state index < -0.39 is 0 Å². The van der Waals surface area contributed by atoms with Gasteiger partial charge in [-0.05, 0) is 27.2 Å². The molecular weight excluding hydrogens is 242 g/mol. The van der Waals surface area contributed by atoms with Crippen LogP contribution in [0.15, 0.2) is 0 Å². The molecule has 0 amide bonds. The lowest BCUT2D eigenvalue weighted by molar-refractivity contribution is 0.0733. The fourth-order valence-corrected chi connectivity index (χ4v) is 1.99. The van der Waals surface area contributed by atoms with E-state index >= 15 is 0 Å². The minimum Gasteiger partial charge on any atom is -0.383 e. The van der Waals surface area contributed by atoms with E-state index in [1.807, 2.05) is 0 Å². The molecule has 0 aromatic heterocycles.